The van der Waals surface area contributed by atoms with Gasteiger partial charge in [0.25, 0.3) is 10.0 Å². The first-order valence-corrected chi connectivity index (χ1v) is 13.1. The Morgan fingerprint density at radius 2 is 1.77 bits per heavy atom. The van der Waals surface area contributed by atoms with E-state index in [1.54, 1.807) is 18.2 Å². The number of ether oxygens (including phenoxy) is 1. The molecule has 2 heterocycles. The van der Waals surface area contributed by atoms with Crippen LogP contribution in [0.1, 0.15) is 0 Å². The van der Waals surface area contributed by atoms with Crippen LogP contribution in [0.15, 0.2) is 89.0 Å². The molecule has 0 radical (unpaired) electrons. The third kappa shape index (κ3) is 4.94. The monoisotopic (exact) mass is 560 g/mol. The Labute approximate surface area is 226 Å². The van der Waals surface area contributed by atoms with Gasteiger partial charge in [-0.25, -0.2) is 27.2 Å². The Balaban J connectivity index is 1.64. The number of rotatable bonds is 7. The number of pyridine rings is 2. The molecule has 0 saturated carbocycles. The number of nitrogen functional groups attached to an aromatic ring is 1. The molecule has 0 saturated heterocycles. The van der Waals surface area contributed by atoms with Crippen LogP contribution < -0.4 is 20.1 Å². The summed E-state index contributed by atoms with van der Waals surface area (Å²) in [5.74, 6) is -2.02. The lowest BCUT2D eigenvalue weighted by Crippen LogP contribution is -2.15. The molecule has 0 fully saturated rings. The van der Waals surface area contributed by atoms with Crippen molar-refractivity contribution in [1.82, 2.24) is 14.9 Å². The summed E-state index contributed by atoms with van der Waals surface area (Å²) in [5, 5.41) is 4.57. The van der Waals surface area contributed by atoms with Crippen LogP contribution in [-0.2, 0) is 10.0 Å². The summed E-state index contributed by atoms with van der Waals surface area (Å²) in [5.41, 5.74) is 16.7. The van der Waals surface area contributed by atoms with Crippen LogP contribution in [0.4, 0.5) is 26.0 Å². The average molecular weight is 561 g/mol. The molecule has 0 amide bonds. The second-order valence-corrected chi connectivity index (χ2v) is 10.1. The molecule has 10 nitrogen and oxygen atoms in total. The Kier molecular flexibility index (Phi) is 6.91. The van der Waals surface area contributed by atoms with Gasteiger partial charge in [-0.2, -0.15) is 0 Å². The van der Waals surface area contributed by atoms with Gasteiger partial charge in [-0.15, -0.1) is 0 Å². The lowest BCUT2D eigenvalue weighted by atomic mass is 9.98. The Bertz CT molecular complexity index is 1930. The molecule has 200 valence electrons. The van der Waals surface area contributed by atoms with Crippen LogP contribution in [0.2, 0.25) is 0 Å². The maximum Gasteiger partial charge on any atom is 0.264 e. The number of halogens is 2. The molecule has 0 aliphatic rings. The molecule has 0 spiro atoms. The van der Waals surface area contributed by atoms with Crippen LogP contribution in [0.3, 0.4) is 0 Å². The molecule has 0 bridgehead atoms. The van der Waals surface area contributed by atoms with E-state index in [1.807, 2.05) is 30.3 Å². The van der Waals surface area contributed by atoms with Crippen molar-refractivity contribution in [2.75, 3.05) is 17.6 Å². The molecule has 4 N–H and O–H groups in total. The van der Waals surface area contributed by atoms with Crippen molar-refractivity contribution in [3.8, 4) is 28.1 Å². The highest BCUT2D eigenvalue weighted by molar-refractivity contribution is 7.92. The first kappa shape index (κ1) is 26.4. The molecule has 0 atom stereocenters. The van der Waals surface area contributed by atoms with Crippen molar-refractivity contribution in [3.05, 3.63) is 90.6 Å². The third-order valence-electron chi connectivity index (χ3n) is 6.00. The zero-order valence-corrected chi connectivity index (χ0v) is 21.6. The fraction of sp³-hybridized carbons (Fsp3) is 0.0370. The van der Waals surface area contributed by atoms with Gasteiger partial charge in [0.15, 0.2) is 10.8 Å². The topological polar surface area (TPSA) is 158 Å². The Hall–Kier alpha value is -5.26. The third-order valence-corrected chi connectivity index (χ3v) is 7.40. The standard InChI is InChI=1S/C27H20F2N7O3S/c1-39-27-22(35-40(37,38)23-10-8-18(28)13-20(23)29)12-17(14-32-27)16-7-9-21-19(11-16)25(34-36-31)24(26(30)33-21)15-5-3-2-4-6-15/h2-14,35H,1H3,(H3,30,31,33,34)/q+1. The van der Waals surface area contributed by atoms with Crippen LogP contribution in [0.5, 0.6) is 5.88 Å². The minimum Gasteiger partial charge on any atom is -0.480 e. The summed E-state index contributed by atoms with van der Waals surface area (Å²) < 4.78 is 60.9. The number of methoxy groups -OCH3 is 1. The lowest BCUT2D eigenvalue weighted by Gasteiger charge is -2.14. The predicted octanol–water partition coefficient (Wildman–Crippen LogP) is 5.82. The Morgan fingerprint density at radius 1 is 1.00 bits per heavy atom. The molecule has 5 rings (SSSR count). The number of sulfonamides is 1. The second-order valence-electron chi connectivity index (χ2n) is 8.48. The largest absolute Gasteiger partial charge is 0.480 e. The fourth-order valence-electron chi connectivity index (χ4n) is 4.23. The zero-order valence-electron chi connectivity index (χ0n) is 20.8. The van der Waals surface area contributed by atoms with Gasteiger partial charge in [-0.1, -0.05) is 36.4 Å². The molecule has 3 aromatic carbocycles. The molecule has 13 heteroatoms. The van der Waals surface area contributed by atoms with Gasteiger partial charge >= 0.3 is 0 Å². The van der Waals surface area contributed by atoms with Crippen molar-refractivity contribution < 1.29 is 21.9 Å². The molecular formula is C27H20F2N7O3S+. The predicted molar refractivity (Wildman–Crippen MR) is 145 cm³/mol. The maximum atomic E-state index is 14.3. The Morgan fingerprint density at radius 3 is 2.48 bits per heavy atom. The first-order chi connectivity index (χ1) is 19.2. The molecular weight excluding hydrogens is 540 g/mol. The van der Waals surface area contributed by atoms with Gasteiger partial charge in [0.1, 0.15) is 33.6 Å². The van der Waals surface area contributed by atoms with Crippen molar-refractivity contribution in [3.63, 3.8) is 0 Å². The highest BCUT2D eigenvalue weighted by Crippen LogP contribution is 2.41. The number of aromatic nitrogens is 2. The van der Waals surface area contributed by atoms with Crippen molar-refractivity contribution >= 4 is 38.1 Å². The smallest absolute Gasteiger partial charge is 0.264 e. The van der Waals surface area contributed by atoms with Crippen LogP contribution >= 0.6 is 0 Å². The lowest BCUT2D eigenvalue weighted by molar-refractivity contribution is 0.400. The van der Waals surface area contributed by atoms with Crippen molar-refractivity contribution in [2.24, 2.45) is 5.11 Å². The number of hydrogen-bond acceptors (Lipinski definition) is 8. The fourth-order valence-corrected chi connectivity index (χ4v) is 5.34. The number of anilines is 2. The second kappa shape index (κ2) is 10.5. The molecule has 0 aliphatic carbocycles. The summed E-state index contributed by atoms with van der Waals surface area (Å²) in [7, 11) is -3.17. The summed E-state index contributed by atoms with van der Waals surface area (Å²) in [6.45, 7) is 0. The highest BCUT2D eigenvalue weighted by Gasteiger charge is 2.23. The number of hydrogen-bond donors (Lipinski definition) is 3. The van der Waals surface area contributed by atoms with E-state index in [4.69, 9.17) is 16.0 Å². The SMILES string of the molecule is COc1ncc(-c2ccc3nc(N)c(-c4ccccc4)c(N=[N+]=N)c3c2)cc1NS(=O)(=O)c1ccc(F)cc1F. The highest BCUT2D eigenvalue weighted by atomic mass is 32.2. The molecule has 0 unspecified atom stereocenters. The summed E-state index contributed by atoms with van der Waals surface area (Å²) in [6.07, 6.45) is 1.46. The summed E-state index contributed by atoms with van der Waals surface area (Å²) in [6, 6.07) is 17.9. The van der Waals surface area contributed by atoms with Gasteiger partial charge in [0, 0.05) is 23.2 Å². The number of fused-ring (bicyclic) bond motifs is 1. The first-order valence-electron chi connectivity index (χ1n) is 11.6. The molecule has 5 aromatic rings. The normalized spacial score (nSPS) is 11.2. The van der Waals surface area contributed by atoms with Gasteiger partial charge in [0.05, 0.1) is 18.2 Å². The summed E-state index contributed by atoms with van der Waals surface area (Å²) in [4.78, 5) is 11.2. The number of nitrogens with two attached hydrogens (primary N) is 1. The van der Waals surface area contributed by atoms with Crippen molar-refractivity contribution in [1.29, 1.82) is 5.53 Å². The van der Waals surface area contributed by atoms with Crippen LogP contribution in [-0.4, -0.2) is 25.5 Å². The quantitative estimate of drug-likeness (QED) is 0.168. The van der Waals surface area contributed by atoms with Gasteiger partial charge in [-0.05, 0) is 41.5 Å². The number of benzene rings is 3. The van der Waals surface area contributed by atoms with E-state index in [1.165, 1.54) is 19.4 Å². The van der Waals surface area contributed by atoms with Gasteiger partial charge in [-0.3, -0.25) is 4.72 Å². The molecule has 2 aromatic heterocycles. The van der Waals surface area contributed by atoms with Crippen LogP contribution in [0, 0.1) is 17.2 Å². The zero-order chi connectivity index (χ0) is 28.4. The molecule has 0 aliphatic heterocycles. The minimum absolute atomic E-state index is 0.0693. The average Bonchev–Trinajstić information content (AvgIpc) is 2.93. The van der Waals surface area contributed by atoms with E-state index in [-0.39, 0.29) is 17.4 Å². The minimum atomic E-state index is -4.47. The van der Waals surface area contributed by atoms with E-state index in [0.29, 0.717) is 39.3 Å². The number of nitrogens with zero attached hydrogens (tertiary/aromatic N) is 4. The van der Waals surface area contributed by atoms with Gasteiger partial charge in [0.2, 0.25) is 10.8 Å². The van der Waals surface area contributed by atoms with E-state index >= 15 is 0 Å². The maximum absolute atomic E-state index is 14.3. The van der Waals surface area contributed by atoms with Crippen molar-refractivity contribution in [2.45, 2.75) is 4.90 Å². The number of nitrogens with one attached hydrogen (secondary N) is 2. The molecule has 40 heavy (non-hydrogen) atoms. The van der Waals surface area contributed by atoms with E-state index in [2.05, 4.69) is 24.7 Å². The van der Waals surface area contributed by atoms with E-state index < -0.39 is 26.6 Å². The van der Waals surface area contributed by atoms with E-state index in [9.17, 15) is 17.2 Å². The van der Waals surface area contributed by atoms with Gasteiger partial charge < -0.3 is 10.5 Å². The van der Waals surface area contributed by atoms with Crippen LogP contribution in [0.25, 0.3) is 33.2 Å². The summed E-state index contributed by atoms with van der Waals surface area (Å²) >= 11 is 0. The van der Waals surface area contributed by atoms with E-state index in [0.717, 1.165) is 17.7 Å².